The Hall–Kier alpha value is -2.33. The van der Waals surface area contributed by atoms with Crippen molar-refractivity contribution in [1.82, 2.24) is 5.32 Å². The van der Waals surface area contributed by atoms with Crippen LogP contribution in [-0.4, -0.2) is 32.2 Å². The Morgan fingerprint density at radius 2 is 1.84 bits per heavy atom. The lowest BCUT2D eigenvalue weighted by molar-refractivity contribution is -0.122. The Bertz CT molecular complexity index is 753. The quantitative estimate of drug-likeness (QED) is 0.933. The first-order chi connectivity index (χ1) is 12.3. The van der Waals surface area contributed by atoms with Crippen LogP contribution in [-0.2, 0) is 22.5 Å². The summed E-state index contributed by atoms with van der Waals surface area (Å²) in [5, 5.41) is 3.16. The molecule has 1 saturated heterocycles. The maximum atomic E-state index is 12.7. The lowest BCUT2D eigenvalue weighted by Crippen LogP contribution is -2.37. The predicted molar refractivity (Wildman–Crippen MR) is 98.8 cm³/mol. The molecule has 1 atom stereocenters. The molecule has 1 amide bonds. The molecule has 2 aliphatic rings. The minimum Gasteiger partial charge on any atom is -0.378 e. The Labute approximate surface area is 148 Å². The highest BCUT2D eigenvalue weighted by molar-refractivity contribution is 5.85. The van der Waals surface area contributed by atoms with Gasteiger partial charge in [0, 0.05) is 25.3 Å². The number of amides is 1. The molecule has 4 heteroatoms. The van der Waals surface area contributed by atoms with Gasteiger partial charge in [0.15, 0.2) is 0 Å². The number of anilines is 1. The molecule has 0 unspecified atom stereocenters. The highest BCUT2D eigenvalue weighted by Crippen LogP contribution is 2.33. The molecule has 1 heterocycles. The monoisotopic (exact) mass is 336 g/mol. The van der Waals surface area contributed by atoms with E-state index < -0.39 is 0 Å². The number of hydrogen-bond donors (Lipinski definition) is 1. The molecule has 2 aromatic carbocycles. The zero-order valence-electron chi connectivity index (χ0n) is 14.4. The number of morpholine rings is 1. The van der Waals surface area contributed by atoms with Crippen molar-refractivity contribution in [3.63, 3.8) is 0 Å². The number of carbonyl (C=O) groups excluding carboxylic acids is 1. The van der Waals surface area contributed by atoms with Crippen LogP contribution in [0.25, 0.3) is 0 Å². The molecule has 1 aliphatic heterocycles. The number of nitrogens with one attached hydrogen (secondary N) is 1. The summed E-state index contributed by atoms with van der Waals surface area (Å²) in [6, 6.07) is 16.6. The number of hydrogen-bond acceptors (Lipinski definition) is 3. The highest BCUT2D eigenvalue weighted by atomic mass is 16.5. The first-order valence-electron chi connectivity index (χ1n) is 9.09. The summed E-state index contributed by atoms with van der Waals surface area (Å²) in [5.41, 5.74) is 4.89. The van der Waals surface area contributed by atoms with E-state index in [1.807, 2.05) is 12.1 Å². The molecule has 0 bridgehead atoms. The second-order valence-corrected chi connectivity index (χ2v) is 6.74. The van der Waals surface area contributed by atoms with E-state index in [1.165, 1.54) is 22.4 Å². The van der Waals surface area contributed by atoms with Gasteiger partial charge in [0.05, 0.1) is 19.1 Å². The van der Waals surface area contributed by atoms with Gasteiger partial charge in [-0.05, 0) is 35.6 Å². The molecular formula is C21H24N2O2. The number of carbonyl (C=O) groups is 1. The Balaban J connectivity index is 1.44. The van der Waals surface area contributed by atoms with Gasteiger partial charge in [-0.25, -0.2) is 0 Å². The summed E-state index contributed by atoms with van der Waals surface area (Å²) in [5.74, 6) is 0.133. The zero-order valence-corrected chi connectivity index (χ0v) is 14.4. The van der Waals surface area contributed by atoms with Gasteiger partial charge >= 0.3 is 0 Å². The van der Waals surface area contributed by atoms with Crippen LogP contribution in [0.15, 0.2) is 48.5 Å². The van der Waals surface area contributed by atoms with E-state index in [-0.39, 0.29) is 11.8 Å². The van der Waals surface area contributed by atoms with Crippen LogP contribution in [0.2, 0.25) is 0 Å². The summed E-state index contributed by atoms with van der Waals surface area (Å²) in [6.45, 7) is 3.91. The van der Waals surface area contributed by atoms with Crippen LogP contribution in [0, 0.1) is 0 Å². The van der Waals surface area contributed by atoms with Gasteiger partial charge in [0.2, 0.25) is 5.91 Å². The van der Waals surface area contributed by atoms with Gasteiger partial charge < -0.3 is 15.0 Å². The molecule has 0 aromatic heterocycles. The maximum absolute atomic E-state index is 12.7. The largest absolute Gasteiger partial charge is 0.378 e. The third-order valence-corrected chi connectivity index (χ3v) is 5.25. The molecule has 4 rings (SSSR count). The van der Waals surface area contributed by atoms with Gasteiger partial charge in [-0.2, -0.15) is 0 Å². The summed E-state index contributed by atoms with van der Waals surface area (Å²) in [6.07, 6.45) is 1.91. The van der Waals surface area contributed by atoms with Gasteiger partial charge in [-0.15, -0.1) is 0 Å². The van der Waals surface area contributed by atoms with E-state index >= 15 is 0 Å². The van der Waals surface area contributed by atoms with E-state index in [2.05, 4.69) is 46.6 Å². The molecule has 2 aromatic rings. The van der Waals surface area contributed by atoms with Crippen LogP contribution in [0.1, 0.15) is 29.0 Å². The smallest absolute Gasteiger partial charge is 0.227 e. The fourth-order valence-corrected chi connectivity index (χ4v) is 3.91. The third-order valence-electron chi connectivity index (χ3n) is 5.25. The first kappa shape index (κ1) is 16.2. The number of nitrogens with zero attached hydrogens (tertiary/aromatic N) is 1. The van der Waals surface area contributed by atoms with Crippen molar-refractivity contribution in [2.45, 2.75) is 25.3 Å². The normalized spacial score (nSPS) is 19.5. The molecule has 25 heavy (non-hydrogen) atoms. The lowest BCUT2D eigenvalue weighted by Gasteiger charge is -2.30. The summed E-state index contributed by atoms with van der Waals surface area (Å²) in [7, 11) is 0. The predicted octanol–water partition coefficient (Wildman–Crippen LogP) is 2.87. The molecule has 0 radical (unpaired) electrons. The summed E-state index contributed by atoms with van der Waals surface area (Å²) < 4.78 is 5.45. The van der Waals surface area contributed by atoms with Crippen molar-refractivity contribution >= 4 is 11.6 Å². The first-order valence-corrected chi connectivity index (χ1v) is 9.09. The Kier molecular flexibility index (Phi) is 4.70. The van der Waals surface area contributed by atoms with Crippen molar-refractivity contribution in [2.24, 2.45) is 0 Å². The Morgan fingerprint density at radius 1 is 1.08 bits per heavy atom. The number of para-hydroxylation sites is 1. The van der Waals surface area contributed by atoms with Gasteiger partial charge in [0.1, 0.15) is 0 Å². The van der Waals surface area contributed by atoms with Crippen molar-refractivity contribution in [3.8, 4) is 0 Å². The zero-order chi connectivity index (χ0) is 17.1. The number of ether oxygens (including phenoxy) is 1. The van der Waals surface area contributed by atoms with E-state index in [1.54, 1.807) is 0 Å². The van der Waals surface area contributed by atoms with E-state index in [9.17, 15) is 4.79 Å². The van der Waals surface area contributed by atoms with E-state index in [4.69, 9.17) is 4.74 Å². The van der Waals surface area contributed by atoms with Crippen molar-refractivity contribution in [1.29, 1.82) is 0 Å². The lowest BCUT2D eigenvalue weighted by atomic mass is 10.0. The van der Waals surface area contributed by atoms with Crippen molar-refractivity contribution in [2.75, 3.05) is 31.2 Å². The molecule has 130 valence electrons. The highest BCUT2D eigenvalue weighted by Gasteiger charge is 2.28. The Morgan fingerprint density at radius 3 is 2.72 bits per heavy atom. The average molecular weight is 336 g/mol. The minimum absolute atomic E-state index is 0.00764. The average Bonchev–Trinajstić information content (AvgIpc) is 3.11. The van der Waals surface area contributed by atoms with E-state index in [0.29, 0.717) is 6.54 Å². The van der Waals surface area contributed by atoms with Crippen molar-refractivity contribution < 1.29 is 9.53 Å². The van der Waals surface area contributed by atoms with E-state index in [0.717, 1.165) is 39.1 Å². The van der Waals surface area contributed by atoms with Crippen LogP contribution in [0.4, 0.5) is 5.69 Å². The molecule has 1 aliphatic carbocycles. The van der Waals surface area contributed by atoms with Gasteiger partial charge in [-0.1, -0.05) is 42.5 Å². The molecule has 1 fully saturated rings. The van der Waals surface area contributed by atoms with Crippen LogP contribution in [0.5, 0.6) is 0 Å². The van der Waals surface area contributed by atoms with Gasteiger partial charge in [-0.3, -0.25) is 4.79 Å². The number of benzene rings is 2. The molecular weight excluding hydrogens is 312 g/mol. The number of rotatable bonds is 4. The maximum Gasteiger partial charge on any atom is 0.227 e. The van der Waals surface area contributed by atoms with Crippen LogP contribution in [0.3, 0.4) is 0 Å². The molecule has 4 nitrogen and oxygen atoms in total. The second-order valence-electron chi connectivity index (χ2n) is 6.74. The fourth-order valence-electron chi connectivity index (χ4n) is 3.91. The number of aryl methyl sites for hydroxylation is 1. The number of fused-ring (bicyclic) bond motifs is 1. The minimum atomic E-state index is -0.00764. The standard InChI is InChI=1S/C21H24N2O2/c24-21(19-10-9-16-5-1-3-7-18(16)19)22-15-17-6-2-4-8-20(17)23-11-13-25-14-12-23/h1-8,19H,9-15H2,(H,22,24)/t19-/m1/s1. The van der Waals surface area contributed by atoms with Gasteiger partial charge in [0.25, 0.3) is 0 Å². The topological polar surface area (TPSA) is 41.6 Å². The molecule has 0 saturated carbocycles. The summed E-state index contributed by atoms with van der Waals surface area (Å²) in [4.78, 5) is 15.1. The van der Waals surface area contributed by atoms with Crippen molar-refractivity contribution in [3.05, 3.63) is 65.2 Å². The molecule has 1 N–H and O–H groups in total. The molecule has 0 spiro atoms. The summed E-state index contributed by atoms with van der Waals surface area (Å²) >= 11 is 0. The fraction of sp³-hybridized carbons (Fsp3) is 0.381. The third kappa shape index (κ3) is 3.40. The SMILES string of the molecule is O=C(NCc1ccccc1N1CCOCC1)[C@@H]1CCc2ccccc21. The van der Waals surface area contributed by atoms with Crippen LogP contribution < -0.4 is 10.2 Å². The second kappa shape index (κ2) is 7.28. The van der Waals surface area contributed by atoms with Crippen LogP contribution >= 0.6 is 0 Å².